The van der Waals surface area contributed by atoms with Crippen molar-refractivity contribution in [2.75, 3.05) is 0 Å². The Balaban J connectivity index is 2.58. The van der Waals surface area contributed by atoms with Crippen LogP contribution in [0.25, 0.3) is 11.1 Å². The second kappa shape index (κ2) is 5.59. The minimum atomic E-state index is -0.984. The molecule has 0 atom stereocenters. The number of carbonyl (C=O) groups is 1. The highest BCUT2D eigenvalue weighted by atomic mass is 35.5. The van der Waals surface area contributed by atoms with Gasteiger partial charge in [0.05, 0.1) is 6.42 Å². The highest BCUT2D eigenvalue weighted by Crippen LogP contribution is 2.36. The van der Waals surface area contributed by atoms with E-state index in [2.05, 4.69) is 0 Å². The van der Waals surface area contributed by atoms with Crippen LogP contribution in [0.5, 0.6) is 0 Å². The summed E-state index contributed by atoms with van der Waals surface area (Å²) in [6, 6.07) is 8.97. The van der Waals surface area contributed by atoms with Crippen LogP contribution in [0.3, 0.4) is 0 Å². The molecule has 0 aliphatic heterocycles. The lowest BCUT2D eigenvalue weighted by Crippen LogP contribution is -2.00. The first-order valence-electron chi connectivity index (χ1n) is 5.43. The van der Waals surface area contributed by atoms with Gasteiger partial charge in [-0.3, -0.25) is 4.79 Å². The smallest absolute Gasteiger partial charge is 0.307 e. The van der Waals surface area contributed by atoms with E-state index in [1.165, 1.54) is 18.2 Å². The first-order chi connectivity index (χ1) is 8.99. The Labute approximate surface area is 119 Å². The summed E-state index contributed by atoms with van der Waals surface area (Å²) in [4.78, 5) is 10.7. The normalized spacial score (nSPS) is 10.5. The van der Waals surface area contributed by atoms with Crippen LogP contribution >= 0.6 is 23.2 Å². The van der Waals surface area contributed by atoms with Gasteiger partial charge >= 0.3 is 5.97 Å². The van der Waals surface area contributed by atoms with Crippen molar-refractivity contribution in [3.05, 3.63) is 57.8 Å². The molecule has 0 saturated carbocycles. The fraction of sp³-hybridized carbons (Fsp3) is 0.0714. The number of rotatable bonds is 3. The van der Waals surface area contributed by atoms with Crippen molar-refractivity contribution < 1.29 is 14.3 Å². The molecule has 2 rings (SSSR count). The van der Waals surface area contributed by atoms with Gasteiger partial charge in [-0.1, -0.05) is 35.3 Å². The highest BCUT2D eigenvalue weighted by Gasteiger charge is 2.14. The van der Waals surface area contributed by atoms with Crippen LogP contribution in [-0.4, -0.2) is 11.1 Å². The average molecular weight is 299 g/mol. The number of benzene rings is 2. The van der Waals surface area contributed by atoms with Crippen molar-refractivity contribution in [2.24, 2.45) is 0 Å². The van der Waals surface area contributed by atoms with Crippen molar-refractivity contribution in [2.45, 2.75) is 6.42 Å². The van der Waals surface area contributed by atoms with Crippen molar-refractivity contribution in [3.63, 3.8) is 0 Å². The predicted molar refractivity (Wildman–Crippen MR) is 73.2 cm³/mol. The van der Waals surface area contributed by atoms with Gasteiger partial charge in [0.25, 0.3) is 0 Å². The molecule has 2 nitrogen and oxygen atoms in total. The van der Waals surface area contributed by atoms with Crippen LogP contribution in [0.4, 0.5) is 4.39 Å². The van der Waals surface area contributed by atoms with Crippen LogP contribution in [0.1, 0.15) is 5.56 Å². The molecule has 19 heavy (non-hydrogen) atoms. The third-order valence-corrected chi connectivity index (χ3v) is 3.25. The van der Waals surface area contributed by atoms with Crippen molar-refractivity contribution in [1.82, 2.24) is 0 Å². The number of halogens is 3. The van der Waals surface area contributed by atoms with E-state index < -0.39 is 11.8 Å². The highest BCUT2D eigenvalue weighted by molar-refractivity contribution is 6.39. The fourth-order valence-corrected chi connectivity index (χ4v) is 2.40. The number of carboxylic acids is 1. The summed E-state index contributed by atoms with van der Waals surface area (Å²) in [5.41, 5.74) is 1.06. The molecule has 0 amide bonds. The van der Waals surface area contributed by atoms with Gasteiger partial charge < -0.3 is 5.11 Å². The second-order valence-corrected chi connectivity index (χ2v) is 4.80. The molecular formula is C14H9Cl2FO2. The molecule has 0 radical (unpaired) electrons. The van der Waals surface area contributed by atoms with E-state index in [0.29, 0.717) is 21.2 Å². The van der Waals surface area contributed by atoms with Gasteiger partial charge in [-0.2, -0.15) is 0 Å². The lowest BCUT2D eigenvalue weighted by atomic mass is 10.0. The molecule has 0 aliphatic carbocycles. The Morgan fingerprint density at radius 3 is 2.37 bits per heavy atom. The van der Waals surface area contributed by atoms with Gasteiger partial charge in [-0.15, -0.1) is 0 Å². The van der Waals surface area contributed by atoms with Crippen molar-refractivity contribution in [3.8, 4) is 11.1 Å². The standard InChI is InChI=1S/C14H9Cl2FO2/c15-10-2-1-3-11(16)14(10)9-6-8(7-13(18)19)4-5-12(9)17/h1-6H,7H2,(H,18,19). The van der Waals surface area contributed by atoms with Crippen LogP contribution in [-0.2, 0) is 11.2 Å². The number of hydrogen-bond acceptors (Lipinski definition) is 1. The van der Waals surface area contributed by atoms with E-state index in [-0.39, 0.29) is 12.0 Å². The molecule has 2 aromatic carbocycles. The molecular weight excluding hydrogens is 290 g/mol. The third-order valence-electron chi connectivity index (χ3n) is 2.62. The van der Waals surface area contributed by atoms with Crippen LogP contribution in [0.2, 0.25) is 10.0 Å². The van der Waals surface area contributed by atoms with Gasteiger partial charge in [0.15, 0.2) is 0 Å². The second-order valence-electron chi connectivity index (χ2n) is 3.98. The quantitative estimate of drug-likeness (QED) is 0.910. The van der Waals surface area contributed by atoms with Gasteiger partial charge in [0.2, 0.25) is 0 Å². The summed E-state index contributed by atoms with van der Waals surface area (Å²) in [7, 11) is 0. The molecule has 98 valence electrons. The first kappa shape index (κ1) is 13.8. The molecule has 0 bridgehead atoms. The van der Waals surface area contributed by atoms with E-state index in [1.54, 1.807) is 18.2 Å². The zero-order valence-corrected chi connectivity index (χ0v) is 11.2. The molecule has 0 spiro atoms. The van der Waals surface area contributed by atoms with E-state index >= 15 is 0 Å². The van der Waals surface area contributed by atoms with Crippen LogP contribution in [0, 0.1) is 5.82 Å². The summed E-state index contributed by atoms with van der Waals surface area (Å²) < 4.78 is 13.9. The van der Waals surface area contributed by atoms with Crippen molar-refractivity contribution in [1.29, 1.82) is 0 Å². The summed E-state index contributed by atoms with van der Waals surface area (Å²) in [5, 5.41) is 9.40. The van der Waals surface area contributed by atoms with Crippen LogP contribution < -0.4 is 0 Å². The maximum absolute atomic E-state index is 13.9. The minimum absolute atomic E-state index is 0.185. The topological polar surface area (TPSA) is 37.3 Å². The third kappa shape index (κ3) is 3.06. The Hall–Kier alpha value is -1.58. The van der Waals surface area contributed by atoms with E-state index in [1.807, 2.05) is 0 Å². The molecule has 0 saturated heterocycles. The Kier molecular flexibility index (Phi) is 4.08. The number of hydrogen-bond donors (Lipinski definition) is 1. The lowest BCUT2D eigenvalue weighted by Gasteiger charge is -2.09. The number of carboxylic acid groups (broad SMARTS) is 1. The van der Waals surface area contributed by atoms with Crippen LogP contribution in [0.15, 0.2) is 36.4 Å². The molecule has 0 unspecified atom stereocenters. The zero-order chi connectivity index (χ0) is 14.0. The van der Waals surface area contributed by atoms with Gasteiger partial charge in [-0.25, -0.2) is 4.39 Å². The molecule has 0 fully saturated rings. The molecule has 2 aromatic rings. The van der Waals surface area contributed by atoms with Gasteiger partial charge in [-0.05, 0) is 29.8 Å². The number of aliphatic carboxylic acids is 1. The largest absolute Gasteiger partial charge is 0.481 e. The van der Waals surface area contributed by atoms with E-state index in [9.17, 15) is 9.18 Å². The maximum Gasteiger partial charge on any atom is 0.307 e. The summed E-state index contributed by atoms with van der Waals surface area (Å²) in [5.74, 6) is -1.48. The molecule has 5 heteroatoms. The maximum atomic E-state index is 13.9. The minimum Gasteiger partial charge on any atom is -0.481 e. The summed E-state index contributed by atoms with van der Waals surface area (Å²) in [6.45, 7) is 0. The molecule has 1 N–H and O–H groups in total. The van der Waals surface area contributed by atoms with E-state index in [4.69, 9.17) is 28.3 Å². The predicted octanol–water partition coefficient (Wildman–Crippen LogP) is 4.43. The first-order valence-corrected chi connectivity index (χ1v) is 6.19. The summed E-state index contributed by atoms with van der Waals surface area (Å²) in [6.07, 6.45) is -0.185. The summed E-state index contributed by atoms with van der Waals surface area (Å²) >= 11 is 12.1. The lowest BCUT2D eigenvalue weighted by molar-refractivity contribution is -0.136. The average Bonchev–Trinajstić information content (AvgIpc) is 2.32. The fourth-order valence-electron chi connectivity index (χ4n) is 1.80. The Bertz CT molecular complexity index is 621. The Morgan fingerprint density at radius 1 is 1.16 bits per heavy atom. The molecule has 0 aromatic heterocycles. The van der Waals surface area contributed by atoms with Crippen molar-refractivity contribution >= 4 is 29.2 Å². The SMILES string of the molecule is O=C(O)Cc1ccc(F)c(-c2c(Cl)cccc2Cl)c1. The van der Waals surface area contributed by atoms with Gasteiger partial charge in [0.1, 0.15) is 5.82 Å². The van der Waals surface area contributed by atoms with E-state index in [0.717, 1.165) is 0 Å². The van der Waals surface area contributed by atoms with Gasteiger partial charge in [0, 0.05) is 21.2 Å². The Morgan fingerprint density at radius 2 is 1.79 bits per heavy atom. The molecule has 0 heterocycles. The molecule has 0 aliphatic rings. The monoisotopic (exact) mass is 298 g/mol. The zero-order valence-electron chi connectivity index (χ0n) is 9.66.